The van der Waals surface area contributed by atoms with Crippen LogP contribution in [-0.4, -0.2) is 80.7 Å². The van der Waals surface area contributed by atoms with Crippen LogP contribution >= 0.6 is 0 Å². The van der Waals surface area contributed by atoms with Crippen molar-refractivity contribution in [3.05, 3.63) is 36.2 Å². The van der Waals surface area contributed by atoms with E-state index in [2.05, 4.69) is 15.3 Å². The van der Waals surface area contributed by atoms with Crippen molar-refractivity contribution in [1.29, 1.82) is 0 Å². The first-order valence-electron chi connectivity index (χ1n) is 9.45. The minimum atomic E-state index is -0.404. The predicted molar refractivity (Wildman–Crippen MR) is 109 cm³/mol. The van der Waals surface area contributed by atoms with Crippen LogP contribution in [0.15, 0.2) is 30.6 Å². The van der Waals surface area contributed by atoms with Gasteiger partial charge in [0.05, 0.1) is 27.9 Å². The molecule has 160 valence electrons. The zero-order chi connectivity index (χ0) is 21.5. The number of aromatic nitrogens is 2. The number of carbonyl (C=O) groups is 2. The van der Waals surface area contributed by atoms with Gasteiger partial charge in [0.15, 0.2) is 11.5 Å². The second-order valence-corrected chi connectivity index (χ2v) is 6.51. The van der Waals surface area contributed by atoms with E-state index in [1.165, 1.54) is 21.3 Å². The Labute approximate surface area is 174 Å². The van der Waals surface area contributed by atoms with E-state index in [0.717, 1.165) is 0 Å². The highest BCUT2D eigenvalue weighted by Crippen LogP contribution is 2.38. The lowest BCUT2D eigenvalue weighted by atomic mass is 10.1. The fourth-order valence-electron chi connectivity index (χ4n) is 3.19. The van der Waals surface area contributed by atoms with Gasteiger partial charge in [-0.3, -0.25) is 9.59 Å². The van der Waals surface area contributed by atoms with E-state index in [1.54, 1.807) is 35.5 Å². The van der Waals surface area contributed by atoms with Gasteiger partial charge in [0, 0.05) is 44.1 Å². The summed E-state index contributed by atoms with van der Waals surface area (Å²) in [5, 5.41) is 2.66. The summed E-state index contributed by atoms with van der Waals surface area (Å²) >= 11 is 0. The first kappa shape index (κ1) is 21.2. The Bertz CT molecular complexity index is 859. The van der Waals surface area contributed by atoms with Crippen molar-refractivity contribution in [3.8, 4) is 17.2 Å². The predicted octanol–water partition coefficient (Wildman–Crippen LogP) is 0.581. The summed E-state index contributed by atoms with van der Waals surface area (Å²) in [5.41, 5.74) is 0.309. The van der Waals surface area contributed by atoms with Crippen LogP contribution in [0.25, 0.3) is 0 Å². The number of hydrogen-bond donors (Lipinski definition) is 1. The molecule has 0 atom stereocenters. The lowest BCUT2D eigenvalue weighted by Gasteiger charge is -2.34. The van der Waals surface area contributed by atoms with Crippen LogP contribution in [0.1, 0.15) is 10.4 Å². The smallest absolute Gasteiger partial charge is 0.251 e. The Hall–Kier alpha value is -3.56. The van der Waals surface area contributed by atoms with Crippen molar-refractivity contribution >= 4 is 17.8 Å². The van der Waals surface area contributed by atoms with Gasteiger partial charge in [-0.15, -0.1) is 0 Å². The molecule has 1 aliphatic heterocycles. The summed E-state index contributed by atoms with van der Waals surface area (Å²) in [7, 11) is 4.44. The topological polar surface area (TPSA) is 106 Å². The highest BCUT2D eigenvalue weighted by atomic mass is 16.5. The molecule has 1 saturated heterocycles. The van der Waals surface area contributed by atoms with E-state index < -0.39 is 5.91 Å². The van der Waals surface area contributed by atoms with E-state index in [9.17, 15) is 9.59 Å². The summed E-state index contributed by atoms with van der Waals surface area (Å²) in [6.45, 7) is 2.25. The molecule has 2 aromatic rings. The molecule has 1 aromatic heterocycles. The maximum Gasteiger partial charge on any atom is 0.251 e. The molecular formula is C20H25N5O5. The standard InChI is InChI=1S/C20H25N5O5/c1-28-15-11-14(12-16(29-2)18(15)30-3)19(27)23-13-17(26)24-7-9-25(10-8-24)20-21-5-4-6-22-20/h4-6,11-12H,7-10,13H2,1-3H3,(H,23,27). The number of hydrogen-bond acceptors (Lipinski definition) is 8. The van der Waals surface area contributed by atoms with Crippen molar-refractivity contribution in [3.63, 3.8) is 0 Å². The normalized spacial score (nSPS) is 13.6. The van der Waals surface area contributed by atoms with Crippen molar-refractivity contribution in [2.45, 2.75) is 0 Å². The third-order valence-corrected chi connectivity index (χ3v) is 4.79. The van der Waals surface area contributed by atoms with Crippen LogP contribution in [0.2, 0.25) is 0 Å². The largest absolute Gasteiger partial charge is 0.493 e. The minimum Gasteiger partial charge on any atom is -0.493 e. The summed E-state index contributed by atoms with van der Waals surface area (Å²) in [5.74, 6) is 1.23. The van der Waals surface area contributed by atoms with Crippen molar-refractivity contribution in [1.82, 2.24) is 20.2 Å². The molecule has 30 heavy (non-hydrogen) atoms. The van der Waals surface area contributed by atoms with Crippen molar-refractivity contribution < 1.29 is 23.8 Å². The van der Waals surface area contributed by atoms with E-state index in [4.69, 9.17) is 14.2 Å². The number of rotatable bonds is 7. The molecule has 1 aliphatic rings. The van der Waals surface area contributed by atoms with Crippen LogP contribution in [0, 0.1) is 0 Å². The van der Waals surface area contributed by atoms with E-state index >= 15 is 0 Å². The zero-order valence-electron chi connectivity index (χ0n) is 17.3. The Morgan fingerprint density at radius 1 is 0.967 bits per heavy atom. The molecule has 1 fully saturated rings. The second-order valence-electron chi connectivity index (χ2n) is 6.51. The third kappa shape index (κ3) is 4.70. The Balaban J connectivity index is 1.56. The molecule has 0 unspecified atom stereocenters. The Kier molecular flexibility index (Phi) is 6.89. The maximum absolute atomic E-state index is 12.5. The summed E-state index contributed by atoms with van der Waals surface area (Å²) in [4.78, 5) is 37.3. The number of anilines is 1. The maximum atomic E-state index is 12.5. The van der Waals surface area contributed by atoms with Crippen LogP contribution in [0.5, 0.6) is 17.2 Å². The molecular weight excluding hydrogens is 390 g/mol. The molecule has 10 nitrogen and oxygen atoms in total. The summed E-state index contributed by atoms with van der Waals surface area (Å²) in [6, 6.07) is 4.85. The average molecular weight is 415 g/mol. The van der Waals surface area contributed by atoms with Crippen molar-refractivity contribution in [2.75, 3.05) is 59.0 Å². The molecule has 0 aliphatic carbocycles. The van der Waals surface area contributed by atoms with Gasteiger partial charge < -0.3 is 29.3 Å². The zero-order valence-corrected chi connectivity index (χ0v) is 17.3. The van der Waals surface area contributed by atoms with Gasteiger partial charge in [0.1, 0.15) is 0 Å². The Morgan fingerprint density at radius 2 is 1.57 bits per heavy atom. The lowest BCUT2D eigenvalue weighted by molar-refractivity contribution is -0.130. The van der Waals surface area contributed by atoms with Crippen molar-refractivity contribution in [2.24, 2.45) is 0 Å². The number of piperazine rings is 1. The van der Waals surface area contributed by atoms with Gasteiger partial charge in [0.25, 0.3) is 5.91 Å². The molecule has 0 saturated carbocycles. The lowest BCUT2D eigenvalue weighted by Crippen LogP contribution is -2.51. The number of methoxy groups -OCH3 is 3. The molecule has 2 heterocycles. The number of ether oxygens (including phenoxy) is 3. The van der Waals surface area contributed by atoms with E-state index in [0.29, 0.717) is 54.9 Å². The van der Waals surface area contributed by atoms with E-state index in [1.807, 2.05) is 4.90 Å². The van der Waals surface area contributed by atoms with Gasteiger partial charge in [-0.1, -0.05) is 0 Å². The minimum absolute atomic E-state index is 0.0999. The van der Waals surface area contributed by atoms with Crippen LogP contribution in [0.3, 0.4) is 0 Å². The van der Waals surface area contributed by atoms with Crippen LogP contribution in [0.4, 0.5) is 5.95 Å². The Morgan fingerprint density at radius 3 is 2.10 bits per heavy atom. The molecule has 1 aromatic carbocycles. The summed E-state index contributed by atoms with van der Waals surface area (Å²) in [6.07, 6.45) is 3.39. The number of amides is 2. The quantitative estimate of drug-likeness (QED) is 0.700. The van der Waals surface area contributed by atoms with Crippen LogP contribution in [-0.2, 0) is 4.79 Å². The van der Waals surface area contributed by atoms with Gasteiger partial charge in [-0.25, -0.2) is 9.97 Å². The monoisotopic (exact) mass is 415 g/mol. The fraction of sp³-hybridized carbons (Fsp3) is 0.400. The first-order valence-corrected chi connectivity index (χ1v) is 9.45. The molecule has 2 amide bonds. The van der Waals surface area contributed by atoms with Gasteiger partial charge >= 0.3 is 0 Å². The molecule has 0 bridgehead atoms. The average Bonchev–Trinajstić information content (AvgIpc) is 2.81. The summed E-state index contributed by atoms with van der Waals surface area (Å²) < 4.78 is 15.8. The second kappa shape index (κ2) is 9.77. The van der Waals surface area contributed by atoms with Crippen LogP contribution < -0.4 is 24.4 Å². The fourth-order valence-corrected chi connectivity index (χ4v) is 3.19. The number of nitrogens with one attached hydrogen (secondary N) is 1. The van der Waals surface area contributed by atoms with E-state index in [-0.39, 0.29) is 12.5 Å². The van der Waals surface area contributed by atoms with Gasteiger partial charge in [-0.2, -0.15) is 0 Å². The number of benzene rings is 1. The molecule has 0 radical (unpaired) electrons. The number of nitrogens with zero attached hydrogens (tertiary/aromatic N) is 4. The molecule has 0 spiro atoms. The molecule has 3 rings (SSSR count). The van der Waals surface area contributed by atoms with Gasteiger partial charge in [-0.05, 0) is 18.2 Å². The molecule has 1 N–H and O–H groups in total. The first-order chi connectivity index (χ1) is 14.6. The third-order valence-electron chi connectivity index (χ3n) is 4.79. The molecule has 10 heteroatoms. The van der Waals surface area contributed by atoms with Gasteiger partial charge in [0.2, 0.25) is 17.6 Å². The SMILES string of the molecule is COc1cc(C(=O)NCC(=O)N2CCN(c3ncccn3)CC2)cc(OC)c1OC. The number of carbonyl (C=O) groups excluding carboxylic acids is 2. The highest BCUT2D eigenvalue weighted by molar-refractivity contribution is 5.97. The highest BCUT2D eigenvalue weighted by Gasteiger charge is 2.23.